The minimum atomic E-state index is -4.77. The van der Waals surface area contributed by atoms with Crippen LogP contribution in [0.5, 0.6) is 5.75 Å². The Balaban J connectivity index is 1.26. The maximum atomic E-state index is 13.3. The summed E-state index contributed by atoms with van der Waals surface area (Å²) in [6.07, 6.45) is -1.83. The molecule has 0 aliphatic carbocycles. The number of fused-ring (bicyclic) bond motifs is 1. The highest BCUT2D eigenvalue weighted by Crippen LogP contribution is 2.31. The van der Waals surface area contributed by atoms with E-state index in [-0.39, 0.29) is 36.0 Å². The Hall–Kier alpha value is -3.70. The monoisotopic (exact) mass is 544 g/mol. The molecule has 1 atom stereocenters. The number of hydrogen-bond acceptors (Lipinski definition) is 6. The second-order valence-corrected chi connectivity index (χ2v) is 10.8. The van der Waals surface area contributed by atoms with E-state index >= 15 is 0 Å². The third-order valence-corrected chi connectivity index (χ3v) is 8.17. The predicted molar refractivity (Wildman–Crippen MR) is 133 cm³/mol. The largest absolute Gasteiger partial charge is 0.573 e. The van der Waals surface area contributed by atoms with Crippen molar-refractivity contribution in [3.63, 3.8) is 0 Å². The Kier molecular flexibility index (Phi) is 6.97. The number of hydrogen-bond donors (Lipinski definition) is 0. The zero-order valence-electron chi connectivity index (χ0n) is 20.0. The van der Waals surface area contributed by atoms with E-state index in [1.54, 1.807) is 42.6 Å². The van der Waals surface area contributed by atoms with Gasteiger partial charge in [-0.15, -0.1) is 13.2 Å². The lowest BCUT2D eigenvalue weighted by Gasteiger charge is -2.21. The van der Waals surface area contributed by atoms with E-state index in [1.807, 2.05) is 0 Å². The van der Waals surface area contributed by atoms with Crippen LogP contribution in [0.3, 0.4) is 0 Å². The topological polar surface area (TPSA) is 89.7 Å². The van der Waals surface area contributed by atoms with Gasteiger partial charge in [0.1, 0.15) is 11.3 Å². The summed E-state index contributed by atoms with van der Waals surface area (Å²) >= 11 is 0. The Labute approximate surface area is 216 Å². The molecule has 2 aromatic heterocycles. The zero-order chi connectivity index (χ0) is 26.9. The van der Waals surface area contributed by atoms with Crippen LogP contribution in [0.15, 0.2) is 82.4 Å². The average molecular weight is 545 g/mol. The number of aryl methyl sites for hydroxylation is 1. The van der Waals surface area contributed by atoms with Gasteiger partial charge in [-0.05, 0) is 60.7 Å². The Morgan fingerprint density at radius 3 is 2.55 bits per heavy atom. The van der Waals surface area contributed by atoms with Crippen molar-refractivity contribution in [1.29, 1.82) is 0 Å². The molecule has 38 heavy (non-hydrogen) atoms. The highest BCUT2D eigenvalue weighted by atomic mass is 32.2. The average Bonchev–Trinajstić information content (AvgIpc) is 3.55. The number of alkyl halides is 3. The summed E-state index contributed by atoms with van der Waals surface area (Å²) in [5.74, 6) is -0.525. The van der Waals surface area contributed by atoms with Crippen LogP contribution >= 0.6 is 0 Å². The van der Waals surface area contributed by atoms with Crippen LogP contribution in [0.4, 0.5) is 13.2 Å². The molecular weight excluding hydrogens is 521 g/mol. The van der Waals surface area contributed by atoms with Crippen LogP contribution in [0, 0.1) is 0 Å². The summed E-state index contributed by atoms with van der Waals surface area (Å²) in [5.41, 5.74) is 2.45. The van der Waals surface area contributed by atoms with Gasteiger partial charge in [-0.3, -0.25) is 9.78 Å². The lowest BCUT2D eigenvalue weighted by Crippen LogP contribution is -2.40. The normalized spacial score (nSPS) is 16.7. The molecule has 198 valence electrons. The minimum absolute atomic E-state index is 0.0889. The van der Waals surface area contributed by atoms with Crippen molar-refractivity contribution in [2.45, 2.75) is 43.2 Å². The molecule has 0 saturated carbocycles. The Bertz CT molecular complexity index is 1530. The molecular formula is C27H23F3N2O5S. The molecule has 1 fully saturated rings. The third kappa shape index (κ3) is 5.58. The van der Waals surface area contributed by atoms with Crippen molar-refractivity contribution in [3.8, 4) is 16.9 Å². The first-order valence-corrected chi connectivity index (χ1v) is 13.4. The van der Waals surface area contributed by atoms with E-state index in [2.05, 4.69) is 9.72 Å². The van der Waals surface area contributed by atoms with Crippen LogP contribution in [0.2, 0.25) is 0 Å². The van der Waals surface area contributed by atoms with Gasteiger partial charge >= 0.3 is 6.36 Å². The summed E-state index contributed by atoms with van der Waals surface area (Å²) in [5, 5.41) is 0.487. The number of halogens is 3. The minimum Gasteiger partial charge on any atom is -0.443 e. The molecule has 2 aromatic carbocycles. The maximum absolute atomic E-state index is 13.3. The molecule has 0 radical (unpaired) electrons. The maximum Gasteiger partial charge on any atom is 0.573 e. The predicted octanol–water partition coefficient (Wildman–Crippen LogP) is 5.75. The van der Waals surface area contributed by atoms with Crippen molar-refractivity contribution in [2.24, 2.45) is 0 Å². The molecule has 1 aliphatic rings. The molecule has 0 bridgehead atoms. The third-order valence-electron chi connectivity index (χ3n) is 6.41. The van der Waals surface area contributed by atoms with Gasteiger partial charge in [0.05, 0.1) is 6.04 Å². The van der Waals surface area contributed by atoms with Gasteiger partial charge in [0, 0.05) is 36.3 Å². The summed E-state index contributed by atoms with van der Waals surface area (Å²) in [7, 11) is -3.99. The smallest absolute Gasteiger partial charge is 0.443 e. The molecule has 0 amide bonds. The number of ether oxygens (including phenoxy) is 1. The first-order valence-electron chi connectivity index (χ1n) is 11.9. The van der Waals surface area contributed by atoms with Crippen LogP contribution < -0.4 is 4.74 Å². The van der Waals surface area contributed by atoms with E-state index < -0.39 is 22.4 Å². The second kappa shape index (κ2) is 10.2. The fraction of sp³-hybridized carbons (Fsp3) is 0.259. The van der Waals surface area contributed by atoms with Crippen LogP contribution in [0.1, 0.15) is 25.0 Å². The lowest BCUT2D eigenvalue weighted by atomic mass is 10.0. The number of nitrogens with zero attached hydrogens (tertiary/aromatic N) is 2. The molecule has 7 nitrogen and oxygen atoms in total. The summed E-state index contributed by atoms with van der Waals surface area (Å²) < 4.78 is 74.5. The number of sulfonamides is 1. The van der Waals surface area contributed by atoms with Crippen molar-refractivity contribution >= 4 is 26.8 Å². The van der Waals surface area contributed by atoms with Gasteiger partial charge in [0.2, 0.25) is 5.09 Å². The van der Waals surface area contributed by atoms with E-state index in [0.29, 0.717) is 35.1 Å². The molecule has 3 heterocycles. The number of benzene rings is 2. The Morgan fingerprint density at radius 2 is 1.82 bits per heavy atom. The quantitative estimate of drug-likeness (QED) is 0.281. The number of ketones is 1. The van der Waals surface area contributed by atoms with Crippen molar-refractivity contribution in [3.05, 3.63) is 78.6 Å². The van der Waals surface area contributed by atoms with Crippen molar-refractivity contribution < 1.29 is 35.5 Å². The summed E-state index contributed by atoms with van der Waals surface area (Å²) in [6.45, 7) is 0.234. The van der Waals surface area contributed by atoms with Gasteiger partial charge in [-0.1, -0.05) is 30.3 Å². The summed E-state index contributed by atoms with van der Waals surface area (Å²) in [6, 6.07) is 16.6. The molecule has 0 unspecified atom stereocenters. The second-order valence-electron chi connectivity index (χ2n) is 8.95. The molecule has 4 aromatic rings. The number of Topliss-reactive ketones (excluding diaryl/α,β-unsaturated/α-hetero) is 1. The highest BCUT2D eigenvalue weighted by molar-refractivity contribution is 7.89. The van der Waals surface area contributed by atoms with E-state index in [1.165, 1.54) is 34.6 Å². The molecule has 1 aliphatic heterocycles. The molecule has 1 saturated heterocycles. The summed E-state index contributed by atoms with van der Waals surface area (Å²) in [4.78, 5) is 17.4. The fourth-order valence-corrected chi connectivity index (χ4v) is 6.24. The van der Waals surface area contributed by atoms with Crippen molar-refractivity contribution in [1.82, 2.24) is 9.29 Å². The first kappa shape index (κ1) is 25.9. The van der Waals surface area contributed by atoms with Gasteiger partial charge in [-0.25, -0.2) is 8.42 Å². The standard InChI is InChI=1S/C27H23F3N2O5S/c28-27(29,30)37-22-10-7-18(8-11-22)19-13-14-31-21(16-19)9-12-24(33)23-5-3-15-32(23)38(34,35)26-17-20-4-1-2-6-25(20)36-26/h1-2,4,6-8,10-11,13-14,16-17,23H,3,5,9,12,15H2/t23-/m0/s1. The first-order chi connectivity index (χ1) is 18.1. The van der Waals surface area contributed by atoms with Crippen LogP contribution in [-0.2, 0) is 21.2 Å². The van der Waals surface area contributed by atoms with E-state index in [4.69, 9.17) is 4.42 Å². The fourth-order valence-electron chi connectivity index (χ4n) is 4.61. The number of furan rings is 1. The highest BCUT2D eigenvalue weighted by Gasteiger charge is 2.40. The van der Waals surface area contributed by atoms with E-state index in [9.17, 15) is 26.4 Å². The number of pyridine rings is 1. The van der Waals surface area contributed by atoms with Gasteiger partial charge < -0.3 is 9.15 Å². The van der Waals surface area contributed by atoms with Crippen molar-refractivity contribution in [2.75, 3.05) is 6.54 Å². The number of aromatic nitrogens is 1. The molecule has 5 rings (SSSR count). The van der Waals surface area contributed by atoms with Gasteiger partial charge in [0.15, 0.2) is 5.78 Å². The molecule has 0 spiro atoms. The van der Waals surface area contributed by atoms with Crippen LogP contribution in [-0.4, -0.2) is 42.4 Å². The lowest BCUT2D eigenvalue weighted by molar-refractivity contribution is -0.274. The van der Waals surface area contributed by atoms with Gasteiger partial charge in [0.25, 0.3) is 10.0 Å². The van der Waals surface area contributed by atoms with Crippen LogP contribution in [0.25, 0.3) is 22.1 Å². The number of rotatable bonds is 8. The molecule has 11 heteroatoms. The molecule has 0 N–H and O–H groups in total. The number of carbonyl (C=O) groups is 1. The number of para-hydroxylation sites is 1. The zero-order valence-corrected chi connectivity index (χ0v) is 20.8. The SMILES string of the molecule is O=C(CCc1cc(-c2ccc(OC(F)(F)F)cc2)ccn1)[C@@H]1CCCN1S(=O)(=O)c1cc2ccccc2o1. The Morgan fingerprint density at radius 1 is 1.05 bits per heavy atom. The van der Waals surface area contributed by atoms with Gasteiger partial charge in [-0.2, -0.15) is 4.31 Å². The number of carbonyl (C=O) groups excluding carboxylic acids is 1. The van der Waals surface area contributed by atoms with E-state index in [0.717, 1.165) is 5.56 Å².